The van der Waals surface area contributed by atoms with Crippen LogP contribution in [0.2, 0.25) is 0 Å². The lowest BCUT2D eigenvalue weighted by Crippen LogP contribution is -2.48. The Balaban J connectivity index is 1.76. The summed E-state index contributed by atoms with van der Waals surface area (Å²) in [6.07, 6.45) is 3.03. The first kappa shape index (κ1) is 15.9. The SMILES string of the molecule is O=C(C=Cc1ccccc1)NC(=S)NNC(=O)c1cccs1. The van der Waals surface area contributed by atoms with Crippen LogP contribution in [-0.2, 0) is 4.79 Å². The number of nitrogens with one attached hydrogen (secondary N) is 3. The van der Waals surface area contributed by atoms with Crippen molar-refractivity contribution in [1.29, 1.82) is 0 Å². The van der Waals surface area contributed by atoms with Gasteiger partial charge in [0, 0.05) is 6.08 Å². The van der Waals surface area contributed by atoms with Gasteiger partial charge in [0.1, 0.15) is 0 Å². The van der Waals surface area contributed by atoms with Crippen LogP contribution in [0.1, 0.15) is 15.2 Å². The molecule has 22 heavy (non-hydrogen) atoms. The Morgan fingerprint density at radius 3 is 2.50 bits per heavy atom. The highest BCUT2D eigenvalue weighted by Gasteiger charge is 2.06. The molecule has 1 heterocycles. The van der Waals surface area contributed by atoms with Gasteiger partial charge in [-0.1, -0.05) is 36.4 Å². The maximum Gasteiger partial charge on any atom is 0.279 e. The number of hydrogen-bond donors (Lipinski definition) is 3. The summed E-state index contributed by atoms with van der Waals surface area (Å²) in [6, 6.07) is 12.9. The van der Waals surface area contributed by atoms with Crippen molar-refractivity contribution in [1.82, 2.24) is 16.2 Å². The number of rotatable bonds is 3. The van der Waals surface area contributed by atoms with E-state index in [9.17, 15) is 9.59 Å². The van der Waals surface area contributed by atoms with Crippen LogP contribution in [0.25, 0.3) is 6.08 Å². The monoisotopic (exact) mass is 331 g/mol. The Hall–Kier alpha value is -2.51. The zero-order chi connectivity index (χ0) is 15.8. The molecule has 2 aromatic rings. The summed E-state index contributed by atoms with van der Waals surface area (Å²) in [5.41, 5.74) is 5.78. The lowest BCUT2D eigenvalue weighted by Gasteiger charge is -2.08. The Kier molecular flexibility index (Phi) is 5.81. The minimum absolute atomic E-state index is 0.0209. The lowest BCUT2D eigenvalue weighted by atomic mass is 10.2. The van der Waals surface area contributed by atoms with Crippen LogP contribution < -0.4 is 16.2 Å². The fourth-order valence-corrected chi connectivity index (χ4v) is 2.27. The van der Waals surface area contributed by atoms with E-state index in [0.717, 1.165) is 5.56 Å². The molecule has 0 atom stereocenters. The van der Waals surface area contributed by atoms with Gasteiger partial charge in [0.25, 0.3) is 5.91 Å². The van der Waals surface area contributed by atoms with Gasteiger partial charge >= 0.3 is 0 Å². The second-order valence-electron chi connectivity index (χ2n) is 4.12. The van der Waals surface area contributed by atoms with Gasteiger partial charge in [0.05, 0.1) is 4.88 Å². The Labute approximate surface area is 137 Å². The van der Waals surface area contributed by atoms with Crippen LogP contribution in [0.5, 0.6) is 0 Å². The molecule has 0 aliphatic heterocycles. The number of thiophene rings is 1. The second-order valence-corrected chi connectivity index (χ2v) is 5.47. The molecule has 0 radical (unpaired) electrons. The van der Waals surface area contributed by atoms with Crippen molar-refractivity contribution in [3.63, 3.8) is 0 Å². The van der Waals surface area contributed by atoms with Gasteiger partial charge in [-0.15, -0.1) is 11.3 Å². The van der Waals surface area contributed by atoms with Crippen LogP contribution >= 0.6 is 23.6 Å². The molecule has 0 aliphatic rings. The van der Waals surface area contributed by atoms with Gasteiger partial charge in [-0.25, -0.2) is 0 Å². The second kappa shape index (κ2) is 8.06. The predicted octanol–water partition coefficient (Wildman–Crippen LogP) is 2.10. The van der Waals surface area contributed by atoms with Crippen molar-refractivity contribution >= 4 is 46.6 Å². The molecule has 112 valence electrons. The van der Waals surface area contributed by atoms with Gasteiger partial charge in [0.2, 0.25) is 5.91 Å². The molecule has 0 spiro atoms. The summed E-state index contributed by atoms with van der Waals surface area (Å²) in [5, 5.41) is 4.25. The average molecular weight is 331 g/mol. The summed E-state index contributed by atoms with van der Waals surface area (Å²) in [4.78, 5) is 23.9. The number of carbonyl (C=O) groups excluding carboxylic acids is 2. The first-order valence-corrected chi connectivity index (χ1v) is 7.62. The minimum Gasteiger partial charge on any atom is -0.298 e. The number of hydrazine groups is 1. The van der Waals surface area contributed by atoms with E-state index in [4.69, 9.17) is 12.2 Å². The van der Waals surface area contributed by atoms with Crippen LogP contribution in [-0.4, -0.2) is 16.9 Å². The average Bonchev–Trinajstić information content (AvgIpc) is 3.06. The fraction of sp³-hybridized carbons (Fsp3) is 0. The van der Waals surface area contributed by atoms with Gasteiger partial charge in [-0.05, 0) is 35.3 Å². The number of amides is 2. The molecule has 0 saturated carbocycles. The molecule has 2 amide bonds. The largest absolute Gasteiger partial charge is 0.298 e. The van der Waals surface area contributed by atoms with E-state index >= 15 is 0 Å². The summed E-state index contributed by atoms with van der Waals surface area (Å²) in [7, 11) is 0. The summed E-state index contributed by atoms with van der Waals surface area (Å²) < 4.78 is 0. The van der Waals surface area contributed by atoms with E-state index in [1.165, 1.54) is 17.4 Å². The van der Waals surface area contributed by atoms with Gasteiger partial charge in [-0.2, -0.15) is 0 Å². The molecular weight excluding hydrogens is 318 g/mol. The van der Waals surface area contributed by atoms with Crippen LogP contribution in [0, 0.1) is 0 Å². The highest BCUT2D eigenvalue weighted by molar-refractivity contribution is 7.80. The number of benzene rings is 1. The zero-order valence-electron chi connectivity index (χ0n) is 11.4. The molecule has 2 rings (SSSR count). The fourth-order valence-electron chi connectivity index (χ4n) is 1.50. The number of carbonyl (C=O) groups is 2. The Morgan fingerprint density at radius 1 is 1.05 bits per heavy atom. The standard InChI is InChI=1S/C15H13N3O2S2/c19-13(9-8-11-5-2-1-3-6-11)16-15(21)18-17-14(20)12-7-4-10-22-12/h1-10H,(H,17,20)(H2,16,18,19,21). The van der Waals surface area contributed by atoms with Crippen LogP contribution in [0.4, 0.5) is 0 Å². The highest BCUT2D eigenvalue weighted by Crippen LogP contribution is 2.06. The molecule has 7 heteroatoms. The zero-order valence-corrected chi connectivity index (χ0v) is 13.0. The van der Waals surface area contributed by atoms with E-state index in [1.54, 1.807) is 23.6 Å². The molecule has 3 N–H and O–H groups in total. The Bertz CT molecular complexity index is 682. The molecule has 1 aromatic heterocycles. The van der Waals surface area contributed by atoms with E-state index in [2.05, 4.69) is 16.2 Å². The molecule has 0 unspecified atom stereocenters. The maximum atomic E-state index is 11.7. The topological polar surface area (TPSA) is 70.2 Å². The van der Waals surface area contributed by atoms with Crippen molar-refractivity contribution < 1.29 is 9.59 Å². The third-order valence-electron chi connectivity index (χ3n) is 2.50. The van der Waals surface area contributed by atoms with E-state index < -0.39 is 0 Å². The van der Waals surface area contributed by atoms with E-state index in [-0.39, 0.29) is 16.9 Å². The highest BCUT2D eigenvalue weighted by atomic mass is 32.1. The normalized spacial score (nSPS) is 10.2. The van der Waals surface area contributed by atoms with Crippen molar-refractivity contribution in [3.8, 4) is 0 Å². The van der Waals surface area contributed by atoms with Gasteiger partial charge in [-0.3, -0.25) is 25.8 Å². The molecule has 0 saturated heterocycles. The van der Waals surface area contributed by atoms with Crippen molar-refractivity contribution in [2.45, 2.75) is 0 Å². The van der Waals surface area contributed by atoms with Gasteiger partial charge < -0.3 is 0 Å². The van der Waals surface area contributed by atoms with Crippen molar-refractivity contribution in [2.75, 3.05) is 0 Å². The lowest BCUT2D eigenvalue weighted by molar-refractivity contribution is -0.115. The van der Waals surface area contributed by atoms with Crippen LogP contribution in [0.15, 0.2) is 53.9 Å². The number of hydrogen-bond acceptors (Lipinski definition) is 4. The third-order valence-corrected chi connectivity index (χ3v) is 3.57. The van der Waals surface area contributed by atoms with Crippen LogP contribution in [0.3, 0.4) is 0 Å². The first-order chi connectivity index (χ1) is 10.6. The van der Waals surface area contributed by atoms with E-state index in [0.29, 0.717) is 4.88 Å². The smallest absolute Gasteiger partial charge is 0.279 e. The number of thiocarbonyl (C=S) groups is 1. The summed E-state index contributed by atoms with van der Waals surface area (Å²) in [6.45, 7) is 0. The van der Waals surface area contributed by atoms with Crippen molar-refractivity contribution in [3.05, 3.63) is 64.4 Å². The minimum atomic E-state index is -0.383. The molecule has 0 fully saturated rings. The molecular formula is C15H13N3O2S2. The molecule has 5 nitrogen and oxygen atoms in total. The molecule has 0 aliphatic carbocycles. The quantitative estimate of drug-likeness (QED) is 0.458. The van der Waals surface area contributed by atoms with E-state index in [1.807, 2.05) is 30.3 Å². The maximum absolute atomic E-state index is 11.7. The van der Waals surface area contributed by atoms with Gasteiger partial charge in [0.15, 0.2) is 5.11 Å². The van der Waals surface area contributed by atoms with Crippen molar-refractivity contribution in [2.24, 2.45) is 0 Å². The summed E-state index contributed by atoms with van der Waals surface area (Å²) >= 11 is 6.23. The first-order valence-electron chi connectivity index (χ1n) is 6.33. The predicted molar refractivity (Wildman–Crippen MR) is 91.1 cm³/mol. The molecule has 1 aromatic carbocycles. The third kappa shape index (κ3) is 5.12. The Morgan fingerprint density at radius 2 is 1.82 bits per heavy atom. The summed E-state index contributed by atoms with van der Waals surface area (Å²) in [5.74, 6) is -0.696. The molecule has 0 bridgehead atoms.